The lowest BCUT2D eigenvalue weighted by Gasteiger charge is -2.32. The molecule has 1 atom stereocenters. The number of hydrogen-bond donors (Lipinski definition) is 1. The van der Waals surface area contributed by atoms with Crippen LogP contribution in [0.3, 0.4) is 0 Å². The van der Waals surface area contributed by atoms with Crippen LogP contribution < -0.4 is 14.4 Å². The molecule has 0 radical (unpaired) electrons. The van der Waals surface area contributed by atoms with E-state index in [0.29, 0.717) is 24.3 Å². The Morgan fingerprint density at radius 1 is 1.10 bits per heavy atom. The smallest absolute Gasteiger partial charge is 0.243 e. The molecule has 214 valence electrons. The molecular weight excluding hydrogens is 514 g/mol. The molecule has 2 aromatic rings. The van der Waals surface area contributed by atoms with Crippen LogP contribution in [0.25, 0.3) is 0 Å². The monoisotopic (exact) mass is 557 g/mol. The quantitative estimate of drug-likeness (QED) is 0.384. The van der Waals surface area contributed by atoms with Crippen molar-refractivity contribution in [1.82, 2.24) is 10.2 Å². The van der Waals surface area contributed by atoms with Gasteiger partial charge >= 0.3 is 0 Å². The minimum Gasteiger partial charge on any atom is -0.497 e. The first-order valence-electron chi connectivity index (χ1n) is 13.8. The summed E-state index contributed by atoms with van der Waals surface area (Å²) in [4.78, 5) is 28.7. The van der Waals surface area contributed by atoms with Crippen molar-refractivity contribution >= 4 is 27.5 Å². The molecule has 1 aliphatic carbocycles. The van der Waals surface area contributed by atoms with Gasteiger partial charge in [0.2, 0.25) is 21.8 Å². The number of anilines is 1. The van der Waals surface area contributed by atoms with Gasteiger partial charge in [-0.2, -0.15) is 0 Å². The van der Waals surface area contributed by atoms with Crippen molar-refractivity contribution in [1.29, 1.82) is 0 Å². The molecule has 0 spiro atoms. The molecule has 1 N–H and O–H groups in total. The largest absolute Gasteiger partial charge is 0.497 e. The van der Waals surface area contributed by atoms with E-state index < -0.39 is 16.1 Å². The minimum atomic E-state index is -3.55. The van der Waals surface area contributed by atoms with Gasteiger partial charge in [0.1, 0.15) is 11.8 Å². The average Bonchev–Trinajstić information content (AvgIpc) is 3.40. The zero-order valence-corrected chi connectivity index (χ0v) is 24.7. The topological polar surface area (TPSA) is 96.0 Å². The van der Waals surface area contributed by atoms with E-state index in [0.717, 1.165) is 42.4 Å². The van der Waals surface area contributed by atoms with Crippen LogP contribution in [0, 0.1) is 13.8 Å². The fraction of sp³-hybridized carbons (Fsp3) is 0.533. The molecule has 9 heteroatoms. The molecule has 2 amide bonds. The van der Waals surface area contributed by atoms with Gasteiger partial charge in [0.15, 0.2) is 0 Å². The Kier molecular flexibility index (Phi) is 10.8. The third-order valence-corrected chi connectivity index (χ3v) is 8.54. The lowest BCUT2D eigenvalue weighted by atomic mass is 10.1. The van der Waals surface area contributed by atoms with Crippen LogP contribution in [0.2, 0.25) is 0 Å². The molecule has 0 heterocycles. The van der Waals surface area contributed by atoms with Crippen LogP contribution in [0.4, 0.5) is 5.69 Å². The highest BCUT2D eigenvalue weighted by atomic mass is 32.2. The van der Waals surface area contributed by atoms with E-state index >= 15 is 0 Å². The predicted molar refractivity (Wildman–Crippen MR) is 155 cm³/mol. The first-order valence-corrected chi connectivity index (χ1v) is 15.7. The Labute approximate surface area is 233 Å². The third kappa shape index (κ3) is 8.46. The highest BCUT2D eigenvalue weighted by Gasteiger charge is 2.31. The highest BCUT2D eigenvalue weighted by molar-refractivity contribution is 7.92. The van der Waals surface area contributed by atoms with Gasteiger partial charge in [-0.05, 0) is 74.4 Å². The minimum absolute atomic E-state index is 0.119. The first-order chi connectivity index (χ1) is 18.5. The van der Waals surface area contributed by atoms with Crippen LogP contribution in [-0.2, 0) is 26.2 Å². The van der Waals surface area contributed by atoms with Gasteiger partial charge in [-0.3, -0.25) is 13.9 Å². The van der Waals surface area contributed by atoms with Crippen LogP contribution >= 0.6 is 0 Å². The molecule has 0 saturated heterocycles. The number of ether oxygens (including phenoxy) is 1. The average molecular weight is 558 g/mol. The van der Waals surface area contributed by atoms with Crippen molar-refractivity contribution in [2.75, 3.05) is 24.2 Å². The van der Waals surface area contributed by atoms with Gasteiger partial charge in [0, 0.05) is 25.6 Å². The van der Waals surface area contributed by atoms with Crippen molar-refractivity contribution in [3.63, 3.8) is 0 Å². The Morgan fingerprint density at radius 2 is 1.82 bits per heavy atom. The molecule has 1 aliphatic rings. The summed E-state index contributed by atoms with van der Waals surface area (Å²) in [7, 11) is -1.96. The standard InChI is InChI=1S/C30H43N3O5S/c1-6-27(30(35)31-25-12-7-8-13-25)32(21-24-11-9-14-26(20-24)38-4)29(34)15-10-18-33(39(5,36)37)28-19-22(2)16-17-23(28)3/h9,11,14,16-17,19-20,25,27H,6-8,10,12-13,15,18,21H2,1-5H3,(H,31,35)/t27-/m0/s1. The van der Waals surface area contributed by atoms with Gasteiger partial charge in [0.25, 0.3) is 0 Å². The van der Waals surface area contributed by atoms with E-state index in [4.69, 9.17) is 4.74 Å². The number of carbonyl (C=O) groups excluding carboxylic acids is 2. The molecule has 3 rings (SSSR count). The first kappa shape index (κ1) is 30.5. The number of benzene rings is 2. The molecule has 0 bridgehead atoms. The van der Waals surface area contributed by atoms with Gasteiger partial charge in [0.05, 0.1) is 19.1 Å². The van der Waals surface area contributed by atoms with Crippen LogP contribution in [0.5, 0.6) is 5.75 Å². The van der Waals surface area contributed by atoms with E-state index in [1.54, 1.807) is 12.0 Å². The summed E-state index contributed by atoms with van der Waals surface area (Å²) >= 11 is 0. The summed E-state index contributed by atoms with van der Waals surface area (Å²) in [5.74, 6) is 0.370. The van der Waals surface area contributed by atoms with Gasteiger partial charge in [-0.15, -0.1) is 0 Å². The Morgan fingerprint density at radius 3 is 2.46 bits per heavy atom. The molecule has 0 aliphatic heterocycles. The number of amides is 2. The zero-order valence-electron chi connectivity index (χ0n) is 23.9. The van der Waals surface area contributed by atoms with E-state index in [1.807, 2.05) is 63.2 Å². The van der Waals surface area contributed by atoms with E-state index in [-0.39, 0.29) is 37.4 Å². The van der Waals surface area contributed by atoms with Gasteiger partial charge in [-0.1, -0.05) is 44.0 Å². The van der Waals surface area contributed by atoms with Crippen LogP contribution in [-0.4, -0.2) is 57.1 Å². The summed E-state index contributed by atoms with van der Waals surface area (Å²) in [6.07, 6.45) is 6.25. The second kappa shape index (κ2) is 13.8. The Hall–Kier alpha value is -3.07. The van der Waals surface area contributed by atoms with Crippen molar-refractivity contribution in [3.8, 4) is 5.75 Å². The molecular formula is C30H43N3O5S. The third-order valence-electron chi connectivity index (χ3n) is 7.36. The molecule has 0 aromatic heterocycles. The number of methoxy groups -OCH3 is 1. The van der Waals surface area contributed by atoms with Crippen LogP contribution in [0.15, 0.2) is 42.5 Å². The molecule has 1 saturated carbocycles. The lowest BCUT2D eigenvalue weighted by molar-refractivity contribution is -0.141. The van der Waals surface area contributed by atoms with Gasteiger partial charge in [-0.25, -0.2) is 8.42 Å². The van der Waals surface area contributed by atoms with Crippen molar-refractivity contribution in [2.24, 2.45) is 0 Å². The molecule has 1 fully saturated rings. The molecule has 8 nitrogen and oxygen atoms in total. The van der Waals surface area contributed by atoms with Crippen molar-refractivity contribution < 1.29 is 22.7 Å². The van der Waals surface area contributed by atoms with Crippen LogP contribution in [0.1, 0.15) is 68.6 Å². The molecule has 0 unspecified atom stereocenters. The number of sulfonamides is 1. The number of nitrogens with zero attached hydrogens (tertiary/aromatic N) is 2. The Bertz CT molecular complexity index is 1240. The summed E-state index contributed by atoms with van der Waals surface area (Å²) in [5, 5.41) is 3.16. The molecule has 2 aromatic carbocycles. The number of hydrogen-bond acceptors (Lipinski definition) is 5. The SMILES string of the molecule is CC[C@@H](C(=O)NC1CCCC1)N(Cc1cccc(OC)c1)C(=O)CCCN(c1cc(C)ccc1C)S(C)(=O)=O. The number of carbonyl (C=O) groups is 2. The maximum Gasteiger partial charge on any atom is 0.243 e. The fourth-order valence-electron chi connectivity index (χ4n) is 5.23. The number of rotatable bonds is 13. The maximum absolute atomic E-state index is 13.7. The summed E-state index contributed by atoms with van der Waals surface area (Å²) in [6, 6.07) is 12.7. The van der Waals surface area contributed by atoms with Gasteiger partial charge < -0.3 is 15.0 Å². The predicted octanol–water partition coefficient (Wildman–Crippen LogP) is 4.72. The fourth-order valence-corrected chi connectivity index (χ4v) is 6.24. The molecule has 39 heavy (non-hydrogen) atoms. The van der Waals surface area contributed by atoms with Crippen molar-refractivity contribution in [3.05, 3.63) is 59.2 Å². The zero-order chi connectivity index (χ0) is 28.6. The summed E-state index contributed by atoms with van der Waals surface area (Å²) in [5.41, 5.74) is 3.30. The number of aryl methyl sites for hydroxylation is 2. The second-order valence-corrected chi connectivity index (χ2v) is 12.4. The highest BCUT2D eigenvalue weighted by Crippen LogP contribution is 2.25. The van der Waals surface area contributed by atoms with E-state index in [1.165, 1.54) is 10.6 Å². The van der Waals surface area contributed by atoms with Crippen molar-refractivity contribution in [2.45, 2.75) is 84.3 Å². The van der Waals surface area contributed by atoms with E-state index in [2.05, 4.69) is 5.32 Å². The van der Waals surface area contributed by atoms with E-state index in [9.17, 15) is 18.0 Å². The summed E-state index contributed by atoms with van der Waals surface area (Å²) in [6.45, 7) is 6.15. The lowest BCUT2D eigenvalue weighted by Crippen LogP contribution is -2.51. The maximum atomic E-state index is 13.7. The Balaban J connectivity index is 1.79. The normalized spacial score (nSPS) is 14.6. The second-order valence-electron chi connectivity index (χ2n) is 10.5. The number of nitrogens with one attached hydrogen (secondary N) is 1. The summed E-state index contributed by atoms with van der Waals surface area (Å²) < 4.78 is 32.1.